The second-order valence-electron chi connectivity index (χ2n) is 9.35. The van der Waals surface area contributed by atoms with E-state index in [1.165, 1.54) is 19.3 Å². The first-order valence-corrected chi connectivity index (χ1v) is 11.2. The molecular formula is C24H34O5. The molecule has 2 aliphatic heterocycles. The third-order valence-electron chi connectivity index (χ3n) is 7.56. The van der Waals surface area contributed by atoms with E-state index in [1.807, 2.05) is 30.3 Å². The topological polar surface area (TPSA) is 65.0 Å². The number of ether oxygens (including phenoxy) is 3. The number of hydrogen-bond acceptors (Lipinski definition) is 4. The van der Waals surface area contributed by atoms with Crippen LogP contribution in [0.2, 0.25) is 0 Å². The molecule has 4 rings (SSSR count). The van der Waals surface area contributed by atoms with E-state index in [4.69, 9.17) is 14.2 Å². The molecule has 0 radical (unpaired) electrons. The minimum atomic E-state index is -0.872. The SMILES string of the molecule is CC1CC[C@@H]2C3[C@@H](O1)O[C@H](OCC(C(=O)O)c1ccccc1)[C@H](C)[C@@H]3CC[C@H]2C. The Labute approximate surface area is 173 Å². The molecule has 1 N–H and O–H groups in total. The van der Waals surface area contributed by atoms with Crippen LogP contribution in [0.25, 0.3) is 0 Å². The fourth-order valence-corrected chi connectivity index (χ4v) is 5.83. The molecule has 0 aromatic heterocycles. The van der Waals surface area contributed by atoms with Gasteiger partial charge in [0, 0.05) is 11.8 Å². The average Bonchev–Trinajstić information content (AvgIpc) is 2.87. The predicted molar refractivity (Wildman–Crippen MR) is 109 cm³/mol. The molecule has 160 valence electrons. The van der Waals surface area contributed by atoms with E-state index in [0.29, 0.717) is 23.7 Å². The van der Waals surface area contributed by atoms with Gasteiger partial charge in [-0.1, -0.05) is 50.6 Å². The molecule has 29 heavy (non-hydrogen) atoms. The van der Waals surface area contributed by atoms with Gasteiger partial charge in [0.05, 0.1) is 12.7 Å². The standard InChI is InChI=1S/C24H34O5/c1-14-9-11-19-16(3)23(29-24-21(19)18(14)12-10-15(2)28-24)27-13-20(22(25)26)17-7-5-4-6-8-17/h4-8,14-16,18-21,23-24H,9-13H2,1-3H3,(H,25,26)/t14-,15?,16-,18+,19+,20?,21?,23+,24+/m1/s1. The van der Waals surface area contributed by atoms with Gasteiger partial charge in [0.1, 0.15) is 5.92 Å². The molecule has 0 spiro atoms. The van der Waals surface area contributed by atoms with Crippen LogP contribution in [0.3, 0.4) is 0 Å². The zero-order chi connectivity index (χ0) is 20.5. The summed E-state index contributed by atoms with van der Waals surface area (Å²) < 4.78 is 18.8. The zero-order valence-electron chi connectivity index (χ0n) is 17.7. The normalized spacial score (nSPS) is 40.5. The number of carboxylic acid groups (broad SMARTS) is 1. The Morgan fingerprint density at radius 2 is 1.79 bits per heavy atom. The van der Waals surface area contributed by atoms with Crippen LogP contribution < -0.4 is 0 Å². The van der Waals surface area contributed by atoms with Crippen molar-refractivity contribution in [3.05, 3.63) is 35.9 Å². The second-order valence-corrected chi connectivity index (χ2v) is 9.35. The Bertz CT molecular complexity index is 692. The van der Waals surface area contributed by atoms with Crippen molar-refractivity contribution in [2.45, 2.75) is 71.1 Å². The highest BCUT2D eigenvalue weighted by atomic mass is 16.8. The first kappa shape index (κ1) is 20.8. The van der Waals surface area contributed by atoms with E-state index in [-0.39, 0.29) is 24.9 Å². The summed E-state index contributed by atoms with van der Waals surface area (Å²) in [6, 6.07) is 9.29. The summed E-state index contributed by atoms with van der Waals surface area (Å²) in [5.74, 6) is 0.932. The smallest absolute Gasteiger partial charge is 0.313 e. The van der Waals surface area contributed by atoms with Gasteiger partial charge in [0.15, 0.2) is 12.6 Å². The van der Waals surface area contributed by atoms with Crippen LogP contribution in [-0.2, 0) is 19.0 Å². The largest absolute Gasteiger partial charge is 0.481 e. The molecule has 9 atom stereocenters. The number of rotatable bonds is 5. The Balaban J connectivity index is 1.49. The lowest BCUT2D eigenvalue weighted by molar-refractivity contribution is -0.334. The number of benzene rings is 1. The Kier molecular flexibility index (Phi) is 6.28. The maximum absolute atomic E-state index is 11.8. The summed E-state index contributed by atoms with van der Waals surface area (Å²) in [4.78, 5) is 11.8. The van der Waals surface area contributed by atoms with Crippen LogP contribution in [0.4, 0.5) is 0 Å². The van der Waals surface area contributed by atoms with Crippen LogP contribution >= 0.6 is 0 Å². The maximum Gasteiger partial charge on any atom is 0.313 e. The summed E-state index contributed by atoms with van der Waals surface area (Å²) in [5.41, 5.74) is 0.757. The van der Waals surface area contributed by atoms with Gasteiger partial charge in [-0.15, -0.1) is 0 Å². The number of aliphatic carboxylic acids is 1. The highest BCUT2D eigenvalue weighted by Crippen LogP contribution is 2.52. The van der Waals surface area contributed by atoms with Crippen LogP contribution in [0.15, 0.2) is 30.3 Å². The van der Waals surface area contributed by atoms with E-state index < -0.39 is 18.2 Å². The lowest BCUT2D eigenvalue weighted by Gasteiger charge is -2.52. The van der Waals surface area contributed by atoms with E-state index in [2.05, 4.69) is 20.8 Å². The first-order chi connectivity index (χ1) is 14.0. The summed E-state index contributed by atoms with van der Waals surface area (Å²) in [6.07, 6.45) is 4.21. The van der Waals surface area contributed by atoms with Crippen molar-refractivity contribution in [1.29, 1.82) is 0 Å². The summed E-state index contributed by atoms with van der Waals surface area (Å²) in [7, 11) is 0. The van der Waals surface area contributed by atoms with Crippen molar-refractivity contribution in [3.8, 4) is 0 Å². The molecule has 3 aliphatic rings. The minimum Gasteiger partial charge on any atom is -0.481 e. The van der Waals surface area contributed by atoms with Crippen LogP contribution in [-0.4, -0.2) is 36.4 Å². The van der Waals surface area contributed by atoms with Crippen molar-refractivity contribution in [1.82, 2.24) is 0 Å². The quantitative estimate of drug-likeness (QED) is 0.775. The highest BCUT2D eigenvalue weighted by molar-refractivity contribution is 5.76. The van der Waals surface area contributed by atoms with Crippen molar-refractivity contribution in [3.63, 3.8) is 0 Å². The fourth-order valence-electron chi connectivity index (χ4n) is 5.83. The highest BCUT2D eigenvalue weighted by Gasteiger charge is 2.52. The fraction of sp³-hybridized carbons (Fsp3) is 0.708. The number of carboxylic acids is 1. The van der Waals surface area contributed by atoms with Gasteiger partial charge < -0.3 is 19.3 Å². The molecule has 1 aliphatic carbocycles. The van der Waals surface area contributed by atoms with Gasteiger partial charge in [0.25, 0.3) is 0 Å². The Hall–Kier alpha value is -1.43. The molecule has 1 aromatic carbocycles. The molecule has 5 heteroatoms. The predicted octanol–water partition coefficient (Wildman–Crippen LogP) is 4.67. The molecule has 2 heterocycles. The molecule has 3 unspecified atom stereocenters. The molecule has 3 fully saturated rings. The van der Waals surface area contributed by atoms with E-state index >= 15 is 0 Å². The number of carbonyl (C=O) groups is 1. The van der Waals surface area contributed by atoms with Crippen molar-refractivity contribution in [2.24, 2.45) is 29.6 Å². The molecule has 2 saturated heterocycles. The third kappa shape index (κ3) is 4.23. The van der Waals surface area contributed by atoms with Gasteiger partial charge in [-0.2, -0.15) is 0 Å². The van der Waals surface area contributed by atoms with Crippen molar-refractivity contribution < 1.29 is 24.1 Å². The summed E-state index contributed by atoms with van der Waals surface area (Å²) >= 11 is 0. The lowest BCUT2D eigenvalue weighted by Crippen LogP contribution is -2.53. The molecule has 1 aromatic rings. The van der Waals surface area contributed by atoms with Crippen LogP contribution in [0.5, 0.6) is 0 Å². The second kappa shape index (κ2) is 8.75. The molecule has 1 saturated carbocycles. The Morgan fingerprint density at radius 3 is 2.52 bits per heavy atom. The van der Waals surface area contributed by atoms with Gasteiger partial charge in [-0.05, 0) is 49.5 Å². The zero-order valence-corrected chi connectivity index (χ0v) is 17.7. The van der Waals surface area contributed by atoms with Crippen LogP contribution in [0, 0.1) is 29.6 Å². The molecule has 0 bridgehead atoms. The van der Waals surface area contributed by atoms with Gasteiger partial charge >= 0.3 is 5.97 Å². The monoisotopic (exact) mass is 402 g/mol. The summed E-state index contributed by atoms with van der Waals surface area (Å²) in [5, 5.41) is 9.71. The molecular weight excluding hydrogens is 368 g/mol. The average molecular weight is 403 g/mol. The lowest BCUT2D eigenvalue weighted by atomic mass is 9.61. The molecule has 5 nitrogen and oxygen atoms in total. The number of hydrogen-bond donors (Lipinski definition) is 1. The first-order valence-electron chi connectivity index (χ1n) is 11.2. The minimum absolute atomic E-state index is 0.105. The van der Waals surface area contributed by atoms with E-state index in [1.54, 1.807) is 0 Å². The van der Waals surface area contributed by atoms with Crippen molar-refractivity contribution >= 4 is 5.97 Å². The summed E-state index contributed by atoms with van der Waals surface area (Å²) in [6.45, 7) is 6.81. The third-order valence-corrected chi connectivity index (χ3v) is 7.56. The molecule has 0 amide bonds. The van der Waals surface area contributed by atoms with Gasteiger partial charge in [-0.3, -0.25) is 4.79 Å². The maximum atomic E-state index is 11.8. The van der Waals surface area contributed by atoms with Gasteiger partial charge in [-0.25, -0.2) is 0 Å². The van der Waals surface area contributed by atoms with Crippen LogP contribution in [0.1, 0.15) is 57.9 Å². The van der Waals surface area contributed by atoms with Crippen molar-refractivity contribution in [2.75, 3.05) is 6.61 Å². The van der Waals surface area contributed by atoms with E-state index in [0.717, 1.165) is 12.0 Å². The van der Waals surface area contributed by atoms with E-state index in [9.17, 15) is 9.90 Å². The Morgan fingerprint density at radius 1 is 1.07 bits per heavy atom. The van der Waals surface area contributed by atoms with Gasteiger partial charge in [0.2, 0.25) is 0 Å².